The summed E-state index contributed by atoms with van der Waals surface area (Å²) < 4.78 is 4.83. The Balaban J connectivity index is 3.38. The molecule has 0 radical (unpaired) electrons. The fourth-order valence-corrected chi connectivity index (χ4v) is 19.5. The number of hydrogen-bond acceptors (Lipinski definition) is 3. The summed E-state index contributed by atoms with van der Waals surface area (Å²) in [7, 11) is 0. The number of rotatable bonds is 12. The summed E-state index contributed by atoms with van der Waals surface area (Å²) in [5, 5.41) is 22.6. The molecule has 146 valence electrons. The van der Waals surface area contributed by atoms with Gasteiger partial charge in [0.25, 0.3) is 0 Å². The molecule has 6 nitrogen and oxygen atoms in total. The number of carboxylic acid groups (broad SMARTS) is 1. The quantitative estimate of drug-likeness (QED) is 0.231. The van der Waals surface area contributed by atoms with Gasteiger partial charge in [-0.05, 0) is 0 Å². The molecule has 1 amide bonds. The molecular formula is C19H32N2O4Sn. The number of unbranched alkanes of at least 4 members (excludes halogenated alkanes) is 3. The average molecular weight is 471 g/mol. The standard InChI is InChI=1S/C7H5N2O4.3C4H9.Sn/c10-7(11)8-5-3-1-2-4-6(5)9(12)13;3*1-3-4-2;/h1,3-4,8H,(H,10,11);3*1,3-4H2,2H3;. The van der Waals surface area contributed by atoms with Crippen LogP contribution in [0.2, 0.25) is 13.3 Å². The molecule has 1 aromatic rings. The molecule has 26 heavy (non-hydrogen) atoms. The normalized spacial score (nSPS) is 11.3. The third-order valence-corrected chi connectivity index (χ3v) is 20.7. The predicted molar refractivity (Wildman–Crippen MR) is 109 cm³/mol. The van der Waals surface area contributed by atoms with Crippen LogP contribution in [0.15, 0.2) is 18.2 Å². The monoisotopic (exact) mass is 472 g/mol. The number of nitro groups is 1. The molecule has 0 aliphatic carbocycles. The molecule has 1 aromatic carbocycles. The second-order valence-electron chi connectivity index (χ2n) is 7.01. The van der Waals surface area contributed by atoms with Gasteiger partial charge in [-0.2, -0.15) is 0 Å². The third-order valence-electron chi connectivity index (χ3n) is 5.08. The molecular weight excluding hydrogens is 439 g/mol. The molecule has 0 atom stereocenters. The van der Waals surface area contributed by atoms with Crippen LogP contribution in [0.25, 0.3) is 0 Å². The Morgan fingerprint density at radius 3 is 1.96 bits per heavy atom. The van der Waals surface area contributed by atoms with Crippen molar-refractivity contribution in [2.75, 3.05) is 5.32 Å². The van der Waals surface area contributed by atoms with E-state index >= 15 is 0 Å². The minimum absolute atomic E-state index is 0.0629. The maximum absolute atomic E-state index is 11.5. The number of hydrogen-bond donors (Lipinski definition) is 2. The summed E-state index contributed by atoms with van der Waals surface area (Å²) in [4.78, 5) is 22.0. The van der Waals surface area contributed by atoms with E-state index in [0.717, 1.165) is 19.3 Å². The van der Waals surface area contributed by atoms with Crippen LogP contribution in [-0.2, 0) is 0 Å². The van der Waals surface area contributed by atoms with E-state index in [1.807, 2.05) is 6.07 Å². The van der Waals surface area contributed by atoms with Crippen LogP contribution in [-0.4, -0.2) is 34.5 Å². The molecule has 2 N–H and O–H groups in total. The van der Waals surface area contributed by atoms with E-state index in [0.29, 0.717) is 0 Å². The third kappa shape index (κ3) is 6.45. The van der Waals surface area contributed by atoms with E-state index < -0.39 is 29.4 Å². The zero-order valence-electron chi connectivity index (χ0n) is 16.2. The number of nitrogens with zero attached hydrogens (tertiary/aromatic N) is 1. The van der Waals surface area contributed by atoms with Crippen molar-refractivity contribution in [3.8, 4) is 0 Å². The Morgan fingerprint density at radius 2 is 1.58 bits per heavy atom. The van der Waals surface area contributed by atoms with Gasteiger partial charge in [-0.15, -0.1) is 0 Å². The molecule has 0 saturated carbocycles. The Kier molecular flexibility index (Phi) is 9.98. The number of nitro benzene ring substituents is 1. The van der Waals surface area contributed by atoms with Gasteiger partial charge in [0.15, 0.2) is 0 Å². The van der Waals surface area contributed by atoms with Gasteiger partial charge in [0.2, 0.25) is 0 Å². The van der Waals surface area contributed by atoms with Crippen molar-refractivity contribution in [1.29, 1.82) is 0 Å². The number of benzene rings is 1. The van der Waals surface area contributed by atoms with Crippen LogP contribution in [0.1, 0.15) is 59.3 Å². The molecule has 0 heterocycles. The van der Waals surface area contributed by atoms with Crippen molar-refractivity contribution >= 4 is 39.4 Å². The first-order valence-electron chi connectivity index (χ1n) is 9.69. The van der Waals surface area contributed by atoms with Gasteiger partial charge >= 0.3 is 160 Å². The van der Waals surface area contributed by atoms with Gasteiger partial charge in [0, 0.05) is 0 Å². The molecule has 0 saturated heterocycles. The molecule has 0 unspecified atom stereocenters. The van der Waals surface area contributed by atoms with Crippen molar-refractivity contribution in [2.45, 2.75) is 72.6 Å². The molecule has 0 bridgehead atoms. The molecule has 0 aliphatic rings. The van der Waals surface area contributed by atoms with Crippen molar-refractivity contribution in [3.63, 3.8) is 0 Å². The average Bonchev–Trinajstić information content (AvgIpc) is 2.61. The van der Waals surface area contributed by atoms with Gasteiger partial charge in [-0.25, -0.2) is 0 Å². The van der Waals surface area contributed by atoms with Crippen LogP contribution in [0.3, 0.4) is 0 Å². The van der Waals surface area contributed by atoms with E-state index in [4.69, 9.17) is 5.11 Å². The number of nitrogens with one attached hydrogen (secondary N) is 1. The van der Waals surface area contributed by atoms with Crippen molar-refractivity contribution < 1.29 is 14.8 Å². The van der Waals surface area contributed by atoms with Crippen LogP contribution in [0.5, 0.6) is 0 Å². The Bertz CT molecular complexity index is 585. The van der Waals surface area contributed by atoms with E-state index in [-0.39, 0.29) is 11.4 Å². The van der Waals surface area contributed by atoms with Crippen LogP contribution in [0.4, 0.5) is 16.2 Å². The molecule has 0 fully saturated rings. The first-order chi connectivity index (χ1) is 12.4. The second-order valence-corrected chi connectivity index (χ2v) is 20.2. The van der Waals surface area contributed by atoms with Crippen LogP contribution in [0, 0.1) is 10.1 Å². The van der Waals surface area contributed by atoms with Crippen LogP contribution < -0.4 is 8.90 Å². The Hall–Kier alpha value is -1.31. The van der Waals surface area contributed by atoms with Crippen molar-refractivity contribution in [1.82, 2.24) is 0 Å². The summed E-state index contributed by atoms with van der Waals surface area (Å²) in [6.45, 7) is 6.58. The zero-order valence-corrected chi connectivity index (χ0v) is 19.1. The molecule has 0 aromatic heterocycles. The van der Waals surface area contributed by atoms with Crippen molar-refractivity contribution in [3.05, 3.63) is 28.3 Å². The minimum atomic E-state index is -2.77. The summed E-state index contributed by atoms with van der Waals surface area (Å²) in [5.41, 5.74) is -0.0524. The Labute approximate surface area is 160 Å². The number of amides is 1. The maximum atomic E-state index is 11.5. The number of carbonyl (C=O) groups is 1. The number of anilines is 1. The first-order valence-corrected chi connectivity index (χ1v) is 17.2. The molecule has 1 rings (SSSR count). The summed E-state index contributed by atoms with van der Waals surface area (Å²) in [6.07, 6.45) is 5.65. The van der Waals surface area contributed by atoms with E-state index in [2.05, 4.69) is 26.1 Å². The van der Waals surface area contributed by atoms with E-state index in [1.165, 1.54) is 36.2 Å². The topological polar surface area (TPSA) is 92.5 Å². The molecule has 0 spiro atoms. The van der Waals surface area contributed by atoms with E-state index in [9.17, 15) is 14.9 Å². The van der Waals surface area contributed by atoms with Gasteiger partial charge in [0.05, 0.1) is 0 Å². The summed E-state index contributed by atoms with van der Waals surface area (Å²) >= 11 is -2.77. The van der Waals surface area contributed by atoms with E-state index in [1.54, 1.807) is 12.1 Å². The van der Waals surface area contributed by atoms with Gasteiger partial charge in [0.1, 0.15) is 0 Å². The van der Waals surface area contributed by atoms with Gasteiger partial charge < -0.3 is 0 Å². The SMILES string of the molecule is CCC[CH2][Sn]([CH2]CCC)([CH2]CCC)[c]1ccc(NC(=O)O)c([N+](=O)[O-])c1. The van der Waals surface area contributed by atoms with Gasteiger partial charge in [-0.1, -0.05) is 0 Å². The second kappa shape index (κ2) is 11.4. The summed E-state index contributed by atoms with van der Waals surface area (Å²) in [5.74, 6) is 0. The zero-order chi connectivity index (χ0) is 19.6. The fourth-order valence-electron chi connectivity index (χ4n) is 3.59. The van der Waals surface area contributed by atoms with Crippen molar-refractivity contribution in [2.24, 2.45) is 0 Å². The van der Waals surface area contributed by atoms with Gasteiger partial charge in [-0.3, -0.25) is 0 Å². The first kappa shape index (κ1) is 22.7. The Morgan fingerprint density at radius 1 is 1.08 bits per heavy atom. The summed E-state index contributed by atoms with van der Waals surface area (Å²) in [6, 6.07) is 5.24. The molecule has 7 heteroatoms. The predicted octanol–water partition coefficient (Wildman–Crippen LogP) is 5.74. The fraction of sp³-hybridized carbons (Fsp3) is 0.632. The van der Waals surface area contributed by atoms with Crippen LogP contribution >= 0.6 is 0 Å². The molecule has 0 aliphatic heterocycles.